The number of ether oxygens (including phenoxy) is 2. The van der Waals surface area contributed by atoms with Gasteiger partial charge in [-0.3, -0.25) is 0 Å². The summed E-state index contributed by atoms with van der Waals surface area (Å²) in [5.41, 5.74) is -0.488. The third-order valence-electron chi connectivity index (χ3n) is 3.01. The Hall–Kier alpha value is -1.46. The van der Waals surface area contributed by atoms with Gasteiger partial charge in [-0.05, 0) is 40.5 Å². The van der Waals surface area contributed by atoms with Crippen molar-refractivity contribution in [3.8, 4) is 0 Å². The highest BCUT2D eigenvalue weighted by atomic mass is 16.6. The van der Waals surface area contributed by atoms with E-state index in [4.69, 9.17) is 4.74 Å². The van der Waals surface area contributed by atoms with Crippen molar-refractivity contribution in [3.63, 3.8) is 0 Å². The third-order valence-corrected chi connectivity index (χ3v) is 3.01. The summed E-state index contributed by atoms with van der Waals surface area (Å²) in [5, 5.41) is 2.77. The molecule has 0 spiro atoms. The summed E-state index contributed by atoms with van der Waals surface area (Å²) in [6.45, 7) is 8.07. The molecule has 19 heavy (non-hydrogen) atoms. The van der Waals surface area contributed by atoms with E-state index in [1.54, 1.807) is 4.90 Å². The fourth-order valence-electron chi connectivity index (χ4n) is 2.12. The van der Waals surface area contributed by atoms with Gasteiger partial charge in [0.15, 0.2) is 0 Å². The maximum atomic E-state index is 12.0. The molecule has 0 aromatic rings. The number of carbonyl (C=O) groups excluding carboxylic acids is 2. The van der Waals surface area contributed by atoms with Gasteiger partial charge in [0.05, 0.1) is 7.11 Å². The average Bonchev–Trinajstić information content (AvgIpc) is 2.26. The van der Waals surface area contributed by atoms with Crippen molar-refractivity contribution < 1.29 is 19.1 Å². The quantitative estimate of drug-likeness (QED) is 0.794. The van der Waals surface area contributed by atoms with Gasteiger partial charge < -0.3 is 19.7 Å². The first-order valence-corrected chi connectivity index (χ1v) is 6.57. The first-order valence-electron chi connectivity index (χ1n) is 6.57. The van der Waals surface area contributed by atoms with Crippen LogP contribution >= 0.6 is 0 Å². The van der Waals surface area contributed by atoms with E-state index in [1.807, 2.05) is 27.7 Å². The van der Waals surface area contributed by atoms with E-state index in [1.165, 1.54) is 7.11 Å². The molecular formula is C13H24N2O4. The molecule has 1 aliphatic rings. The molecule has 1 fully saturated rings. The average molecular weight is 272 g/mol. The normalized spacial score (nSPS) is 23.7. The minimum Gasteiger partial charge on any atom is -0.453 e. The predicted octanol–water partition coefficient (Wildman–Crippen LogP) is 2.13. The lowest BCUT2D eigenvalue weighted by Gasteiger charge is -2.38. The molecule has 2 amide bonds. The largest absolute Gasteiger partial charge is 0.453 e. The SMILES string of the molecule is COC(=O)NC1CCN(C(=O)OC(C)(C)C)C(C)C1. The molecule has 1 N–H and O–H groups in total. The lowest BCUT2D eigenvalue weighted by atomic mass is 9.99. The number of rotatable bonds is 1. The van der Waals surface area contributed by atoms with E-state index in [0.717, 1.165) is 0 Å². The van der Waals surface area contributed by atoms with Gasteiger partial charge in [-0.2, -0.15) is 0 Å². The smallest absolute Gasteiger partial charge is 0.410 e. The zero-order chi connectivity index (χ0) is 14.6. The highest BCUT2D eigenvalue weighted by Gasteiger charge is 2.32. The molecule has 0 aromatic heterocycles. The molecule has 1 rings (SSSR count). The highest BCUT2D eigenvalue weighted by Crippen LogP contribution is 2.20. The minimum atomic E-state index is -0.488. The summed E-state index contributed by atoms with van der Waals surface area (Å²) >= 11 is 0. The van der Waals surface area contributed by atoms with Crippen LogP contribution in [0, 0.1) is 0 Å². The van der Waals surface area contributed by atoms with Crippen molar-refractivity contribution in [2.24, 2.45) is 0 Å². The van der Waals surface area contributed by atoms with Gasteiger partial charge in [-0.25, -0.2) is 9.59 Å². The van der Waals surface area contributed by atoms with E-state index < -0.39 is 11.7 Å². The van der Waals surface area contributed by atoms with Crippen LogP contribution in [0.5, 0.6) is 0 Å². The van der Waals surface area contributed by atoms with Gasteiger partial charge in [-0.1, -0.05) is 0 Å². The van der Waals surface area contributed by atoms with Gasteiger partial charge >= 0.3 is 12.2 Å². The zero-order valence-corrected chi connectivity index (χ0v) is 12.4. The Kier molecular flexibility index (Phi) is 5.03. The summed E-state index contributed by atoms with van der Waals surface area (Å²) in [6, 6.07) is 0.0758. The summed E-state index contributed by atoms with van der Waals surface area (Å²) in [4.78, 5) is 24.9. The lowest BCUT2D eigenvalue weighted by Crippen LogP contribution is -2.51. The van der Waals surface area contributed by atoms with Crippen LogP contribution in [-0.2, 0) is 9.47 Å². The molecule has 0 bridgehead atoms. The van der Waals surface area contributed by atoms with Crippen molar-refractivity contribution in [1.82, 2.24) is 10.2 Å². The number of piperidine rings is 1. The second-order valence-electron chi connectivity index (χ2n) is 5.88. The number of amides is 2. The summed E-state index contributed by atoms with van der Waals surface area (Å²) in [6.07, 6.45) is 0.687. The lowest BCUT2D eigenvalue weighted by molar-refractivity contribution is 0.00955. The van der Waals surface area contributed by atoms with Crippen molar-refractivity contribution >= 4 is 12.2 Å². The van der Waals surface area contributed by atoms with Crippen LogP contribution in [0.2, 0.25) is 0 Å². The summed E-state index contributed by atoms with van der Waals surface area (Å²) < 4.78 is 9.93. The number of hydrogen-bond acceptors (Lipinski definition) is 4. The maximum Gasteiger partial charge on any atom is 0.410 e. The molecule has 2 unspecified atom stereocenters. The van der Waals surface area contributed by atoms with E-state index in [2.05, 4.69) is 10.1 Å². The maximum absolute atomic E-state index is 12.0. The molecular weight excluding hydrogens is 248 g/mol. The van der Waals surface area contributed by atoms with Crippen LogP contribution in [0.4, 0.5) is 9.59 Å². The molecule has 0 aromatic carbocycles. The van der Waals surface area contributed by atoms with E-state index in [0.29, 0.717) is 19.4 Å². The van der Waals surface area contributed by atoms with Crippen LogP contribution in [-0.4, -0.2) is 48.4 Å². The Bertz CT molecular complexity index is 338. The van der Waals surface area contributed by atoms with Crippen LogP contribution < -0.4 is 5.32 Å². The van der Waals surface area contributed by atoms with Gasteiger partial charge in [0, 0.05) is 18.6 Å². The number of alkyl carbamates (subject to hydrolysis) is 1. The number of methoxy groups -OCH3 is 1. The number of hydrogen-bond donors (Lipinski definition) is 1. The molecule has 6 nitrogen and oxygen atoms in total. The molecule has 1 heterocycles. The van der Waals surface area contributed by atoms with Gasteiger partial charge in [0.25, 0.3) is 0 Å². The molecule has 2 atom stereocenters. The number of likely N-dealkylation sites (tertiary alicyclic amines) is 1. The molecule has 110 valence electrons. The van der Waals surface area contributed by atoms with Crippen LogP contribution in [0.25, 0.3) is 0 Å². The predicted molar refractivity (Wildman–Crippen MR) is 71.0 cm³/mol. The Labute approximate surface area is 114 Å². The van der Waals surface area contributed by atoms with Crippen LogP contribution in [0.15, 0.2) is 0 Å². The van der Waals surface area contributed by atoms with E-state index >= 15 is 0 Å². The van der Waals surface area contributed by atoms with E-state index in [-0.39, 0.29) is 18.2 Å². The fraction of sp³-hybridized carbons (Fsp3) is 0.846. The van der Waals surface area contributed by atoms with Crippen molar-refractivity contribution in [3.05, 3.63) is 0 Å². The first-order chi connectivity index (χ1) is 8.73. The Balaban J connectivity index is 2.50. The molecule has 6 heteroatoms. The standard InChI is InChI=1S/C13H24N2O4/c1-9-8-10(14-11(16)18-5)6-7-15(9)12(17)19-13(2,3)4/h9-10H,6-8H2,1-5H3,(H,14,16). The second-order valence-corrected chi connectivity index (χ2v) is 5.88. The van der Waals surface area contributed by atoms with Crippen LogP contribution in [0.1, 0.15) is 40.5 Å². The number of nitrogens with zero attached hydrogens (tertiary/aromatic N) is 1. The van der Waals surface area contributed by atoms with Crippen molar-refractivity contribution in [2.45, 2.75) is 58.2 Å². The third kappa shape index (κ3) is 4.96. The Morgan fingerprint density at radius 2 is 1.95 bits per heavy atom. The summed E-state index contributed by atoms with van der Waals surface area (Å²) in [5.74, 6) is 0. The van der Waals surface area contributed by atoms with Gasteiger partial charge in [0.1, 0.15) is 5.60 Å². The Morgan fingerprint density at radius 3 is 2.42 bits per heavy atom. The second kappa shape index (κ2) is 6.12. The highest BCUT2D eigenvalue weighted by molar-refractivity contribution is 5.69. The monoisotopic (exact) mass is 272 g/mol. The molecule has 0 aliphatic carbocycles. The van der Waals surface area contributed by atoms with Gasteiger partial charge in [-0.15, -0.1) is 0 Å². The fourth-order valence-corrected chi connectivity index (χ4v) is 2.12. The molecule has 0 saturated carbocycles. The molecule has 1 saturated heterocycles. The van der Waals surface area contributed by atoms with Crippen LogP contribution in [0.3, 0.4) is 0 Å². The Morgan fingerprint density at radius 1 is 1.32 bits per heavy atom. The zero-order valence-electron chi connectivity index (χ0n) is 12.4. The number of nitrogens with one attached hydrogen (secondary N) is 1. The van der Waals surface area contributed by atoms with Crippen molar-refractivity contribution in [1.29, 1.82) is 0 Å². The first kappa shape index (κ1) is 15.6. The summed E-state index contributed by atoms with van der Waals surface area (Å²) in [7, 11) is 1.34. The molecule has 1 aliphatic heterocycles. The number of carbonyl (C=O) groups is 2. The molecule has 0 radical (unpaired) electrons. The van der Waals surface area contributed by atoms with Gasteiger partial charge in [0.2, 0.25) is 0 Å². The minimum absolute atomic E-state index is 0.0331. The topological polar surface area (TPSA) is 67.9 Å². The van der Waals surface area contributed by atoms with E-state index in [9.17, 15) is 9.59 Å². The van der Waals surface area contributed by atoms with Crippen molar-refractivity contribution in [2.75, 3.05) is 13.7 Å².